The number of aliphatic imine (C=N–C) groups is 1. The summed E-state index contributed by atoms with van der Waals surface area (Å²) in [7, 11) is 7.92. The lowest BCUT2D eigenvalue weighted by atomic mass is 9.84. The quantitative estimate of drug-likeness (QED) is 0.390. The second-order valence-corrected chi connectivity index (χ2v) is 8.80. The van der Waals surface area contributed by atoms with Gasteiger partial charge in [0.25, 0.3) is 0 Å². The number of hydrogen-bond donors (Lipinski definition) is 4. The van der Waals surface area contributed by atoms with Gasteiger partial charge in [-0.1, -0.05) is 24.8 Å². The molecule has 1 atom stereocenters. The van der Waals surface area contributed by atoms with Crippen LogP contribution in [0.3, 0.4) is 0 Å². The molecular formula is C25H31N9O. The van der Waals surface area contributed by atoms with E-state index in [9.17, 15) is 4.79 Å². The van der Waals surface area contributed by atoms with Gasteiger partial charge in [0, 0.05) is 40.1 Å². The highest BCUT2D eigenvalue weighted by molar-refractivity contribution is 6.13. The molecule has 182 valence electrons. The van der Waals surface area contributed by atoms with Gasteiger partial charge >= 0.3 is 6.03 Å². The molecule has 3 aromatic rings. The minimum Gasteiger partial charge on any atom is -0.399 e. The standard InChI is InChI=1S/C25H31N9O/c1-6-28-23-25(21-22(27)30-15-29-21,17-9-12-19(32(2)3)20(13-17)33(4)5)31-24(35)34(23)14-16-7-10-18(26)11-8-16/h6-13,15H,1,14,26-27H2,2-5H3,(H,29,30)(H,31,35). The number of urea groups is 1. The lowest BCUT2D eigenvalue weighted by molar-refractivity contribution is 0.225. The summed E-state index contributed by atoms with van der Waals surface area (Å²) in [5.41, 5.74) is 15.8. The van der Waals surface area contributed by atoms with Gasteiger partial charge in [-0.15, -0.1) is 0 Å². The van der Waals surface area contributed by atoms with Crippen molar-refractivity contribution in [3.8, 4) is 0 Å². The second kappa shape index (κ2) is 9.05. The van der Waals surface area contributed by atoms with Gasteiger partial charge in [0.05, 0.1) is 29.9 Å². The first-order valence-electron chi connectivity index (χ1n) is 11.1. The summed E-state index contributed by atoms with van der Waals surface area (Å²) in [5.74, 6) is 0.701. The molecule has 1 aromatic heterocycles. The van der Waals surface area contributed by atoms with Crippen molar-refractivity contribution < 1.29 is 4.79 Å². The molecule has 0 radical (unpaired) electrons. The van der Waals surface area contributed by atoms with Crippen molar-refractivity contribution in [2.75, 3.05) is 49.5 Å². The zero-order valence-corrected chi connectivity index (χ0v) is 20.4. The number of amidine groups is 1. The van der Waals surface area contributed by atoms with E-state index >= 15 is 0 Å². The molecule has 0 spiro atoms. The van der Waals surface area contributed by atoms with Crippen LogP contribution in [0.15, 0.2) is 66.6 Å². The normalized spacial score (nSPS) is 18.6. The zero-order valence-electron chi connectivity index (χ0n) is 20.4. The number of carbonyl (C=O) groups is 1. The summed E-state index contributed by atoms with van der Waals surface area (Å²) in [6.45, 7) is 4.09. The summed E-state index contributed by atoms with van der Waals surface area (Å²) < 4.78 is 0. The third kappa shape index (κ3) is 4.03. The number of nitrogens with zero attached hydrogens (tertiary/aromatic N) is 5. The average molecular weight is 474 g/mol. The third-order valence-electron chi connectivity index (χ3n) is 6.08. The van der Waals surface area contributed by atoms with Crippen molar-refractivity contribution in [2.45, 2.75) is 12.1 Å². The highest BCUT2D eigenvalue weighted by Gasteiger charge is 2.54. The number of aromatic nitrogens is 2. The first-order chi connectivity index (χ1) is 16.7. The van der Waals surface area contributed by atoms with Crippen LogP contribution < -0.4 is 26.6 Å². The molecule has 2 heterocycles. The Morgan fingerprint density at radius 2 is 1.77 bits per heavy atom. The Morgan fingerprint density at radius 3 is 2.34 bits per heavy atom. The maximum Gasteiger partial charge on any atom is 0.324 e. The lowest BCUT2D eigenvalue weighted by Gasteiger charge is -2.32. The number of aromatic amines is 1. The number of benzene rings is 2. The van der Waals surface area contributed by atoms with Crippen molar-refractivity contribution in [3.05, 3.63) is 78.4 Å². The van der Waals surface area contributed by atoms with E-state index in [1.807, 2.05) is 68.3 Å². The highest BCUT2D eigenvalue weighted by Crippen LogP contribution is 2.41. The van der Waals surface area contributed by atoms with Gasteiger partial charge < -0.3 is 31.6 Å². The summed E-state index contributed by atoms with van der Waals surface area (Å²) in [5, 5.41) is 3.16. The monoisotopic (exact) mass is 473 g/mol. The molecule has 4 rings (SSSR count). The summed E-state index contributed by atoms with van der Waals surface area (Å²) >= 11 is 0. The molecule has 2 amide bonds. The first kappa shape index (κ1) is 23.7. The van der Waals surface area contributed by atoms with E-state index < -0.39 is 5.54 Å². The van der Waals surface area contributed by atoms with Gasteiger partial charge in [-0.25, -0.2) is 14.8 Å². The van der Waals surface area contributed by atoms with Crippen LogP contribution in [0.2, 0.25) is 0 Å². The van der Waals surface area contributed by atoms with Crippen LogP contribution in [0.5, 0.6) is 0 Å². The number of rotatable bonds is 7. The Morgan fingerprint density at radius 1 is 1.09 bits per heavy atom. The van der Waals surface area contributed by atoms with E-state index in [1.165, 1.54) is 12.5 Å². The molecule has 2 aromatic carbocycles. The van der Waals surface area contributed by atoms with Crippen LogP contribution in [0.4, 0.5) is 27.7 Å². The number of imidazole rings is 1. The molecule has 10 heteroatoms. The molecule has 1 aliphatic rings. The number of anilines is 4. The van der Waals surface area contributed by atoms with Crippen molar-refractivity contribution in [1.29, 1.82) is 0 Å². The Hall–Kier alpha value is -4.47. The van der Waals surface area contributed by atoms with Gasteiger partial charge in [-0.3, -0.25) is 4.90 Å². The van der Waals surface area contributed by atoms with Gasteiger partial charge in [0.2, 0.25) is 0 Å². The zero-order chi connectivity index (χ0) is 25.3. The largest absolute Gasteiger partial charge is 0.399 e. The van der Waals surface area contributed by atoms with Gasteiger partial charge in [0.1, 0.15) is 11.7 Å². The number of H-pyrrole nitrogens is 1. The van der Waals surface area contributed by atoms with E-state index in [2.05, 4.69) is 26.9 Å². The molecule has 35 heavy (non-hydrogen) atoms. The van der Waals surface area contributed by atoms with Gasteiger partial charge in [-0.05, 0) is 35.4 Å². The lowest BCUT2D eigenvalue weighted by Crippen LogP contribution is -2.46. The van der Waals surface area contributed by atoms with E-state index in [1.54, 1.807) is 17.0 Å². The molecule has 0 saturated carbocycles. The Balaban J connectivity index is 1.94. The molecule has 0 aliphatic carbocycles. The topological polar surface area (TPSA) is 132 Å². The van der Waals surface area contributed by atoms with Crippen LogP contribution in [-0.2, 0) is 12.1 Å². The highest BCUT2D eigenvalue weighted by atomic mass is 16.2. The van der Waals surface area contributed by atoms with Crippen molar-refractivity contribution >= 4 is 34.7 Å². The predicted molar refractivity (Wildman–Crippen MR) is 141 cm³/mol. The van der Waals surface area contributed by atoms with Crippen LogP contribution >= 0.6 is 0 Å². The van der Waals surface area contributed by atoms with E-state index in [4.69, 9.17) is 11.5 Å². The number of nitrogen functional groups attached to an aromatic ring is 2. The van der Waals surface area contributed by atoms with Crippen molar-refractivity contribution in [3.63, 3.8) is 0 Å². The number of hydrogen-bond acceptors (Lipinski definition) is 7. The summed E-state index contributed by atoms with van der Waals surface area (Å²) in [6, 6.07) is 13.1. The number of amides is 2. The minimum absolute atomic E-state index is 0.263. The Bertz CT molecular complexity index is 1280. The summed E-state index contributed by atoms with van der Waals surface area (Å²) in [4.78, 5) is 31.1. The molecule has 0 bridgehead atoms. The Labute approximate surface area is 204 Å². The predicted octanol–water partition coefficient (Wildman–Crippen LogP) is 2.72. The number of nitrogens with one attached hydrogen (secondary N) is 2. The van der Waals surface area contributed by atoms with E-state index in [-0.39, 0.29) is 18.4 Å². The smallest absolute Gasteiger partial charge is 0.324 e. The number of carbonyl (C=O) groups excluding carboxylic acids is 1. The SMILES string of the molecule is C=CN=C1N(Cc2ccc(N)cc2)C(=O)NC1(c1ccc(N(C)C)c(N(C)C)c1)c1[nH]cnc1N. The average Bonchev–Trinajstić information content (AvgIpc) is 3.37. The molecule has 10 nitrogen and oxygen atoms in total. The maximum absolute atomic E-state index is 13.5. The molecule has 6 N–H and O–H groups in total. The van der Waals surface area contributed by atoms with Crippen LogP contribution in [0, 0.1) is 0 Å². The summed E-state index contributed by atoms with van der Waals surface area (Å²) in [6.07, 6.45) is 2.93. The number of nitrogens with two attached hydrogens (primary N) is 2. The van der Waals surface area contributed by atoms with Gasteiger partial charge in [0.15, 0.2) is 5.54 Å². The third-order valence-corrected chi connectivity index (χ3v) is 6.08. The van der Waals surface area contributed by atoms with Crippen molar-refractivity contribution in [1.82, 2.24) is 20.2 Å². The molecule has 1 saturated heterocycles. The first-order valence-corrected chi connectivity index (χ1v) is 11.1. The molecular weight excluding hydrogens is 442 g/mol. The fourth-order valence-electron chi connectivity index (χ4n) is 4.41. The van der Waals surface area contributed by atoms with Crippen LogP contribution in [0.1, 0.15) is 16.8 Å². The van der Waals surface area contributed by atoms with E-state index in [0.717, 1.165) is 22.5 Å². The van der Waals surface area contributed by atoms with Gasteiger partial charge in [-0.2, -0.15) is 0 Å². The maximum atomic E-state index is 13.5. The molecule has 1 aliphatic heterocycles. The minimum atomic E-state index is -1.21. The molecule has 1 fully saturated rings. The Kier molecular flexibility index (Phi) is 6.12. The van der Waals surface area contributed by atoms with Crippen molar-refractivity contribution in [2.24, 2.45) is 4.99 Å². The fourth-order valence-corrected chi connectivity index (χ4v) is 4.41. The van der Waals surface area contributed by atoms with Crippen LogP contribution in [-0.4, -0.2) is 54.9 Å². The fraction of sp³-hybridized carbons (Fsp3) is 0.240. The van der Waals surface area contributed by atoms with E-state index in [0.29, 0.717) is 17.2 Å². The second-order valence-electron chi connectivity index (χ2n) is 8.80. The van der Waals surface area contributed by atoms with Crippen LogP contribution in [0.25, 0.3) is 0 Å². The molecule has 1 unspecified atom stereocenters.